The Bertz CT molecular complexity index is 273. The smallest absolute Gasteiger partial charge is 0.157 e. The zero-order valence-corrected chi connectivity index (χ0v) is 8.69. The van der Waals surface area contributed by atoms with Gasteiger partial charge in [-0.25, -0.2) is 4.98 Å². The van der Waals surface area contributed by atoms with Gasteiger partial charge in [0.1, 0.15) is 5.82 Å². The van der Waals surface area contributed by atoms with Crippen molar-refractivity contribution < 1.29 is 9.47 Å². The molecule has 1 aromatic heterocycles. The Morgan fingerprint density at radius 3 is 2.93 bits per heavy atom. The molecule has 1 fully saturated rings. The first-order valence-corrected chi connectivity index (χ1v) is 5.33. The van der Waals surface area contributed by atoms with E-state index in [2.05, 4.69) is 10.3 Å². The van der Waals surface area contributed by atoms with Crippen LogP contribution >= 0.6 is 0 Å². The molecule has 0 atom stereocenters. The van der Waals surface area contributed by atoms with E-state index in [1.165, 1.54) is 0 Å². The summed E-state index contributed by atoms with van der Waals surface area (Å²) < 4.78 is 10.7. The highest BCUT2D eigenvalue weighted by molar-refractivity contribution is 5.32. The Hall–Kier alpha value is -1.13. The van der Waals surface area contributed by atoms with Gasteiger partial charge >= 0.3 is 0 Å². The number of ether oxygens (including phenoxy) is 2. The zero-order chi connectivity index (χ0) is 10.3. The molecule has 0 unspecified atom stereocenters. The second-order valence-corrected chi connectivity index (χ2v) is 3.46. The highest BCUT2D eigenvalue weighted by Gasteiger charge is 2.14. The van der Waals surface area contributed by atoms with Crippen LogP contribution in [0.2, 0.25) is 0 Å². The molecule has 1 N–H and O–H groups in total. The van der Waals surface area contributed by atoms with E-state index in [1.807, 2.05) is 18.2 Å². The highest BCUT2D eigenvalue weighted by atomic mass is 16.7. The van der Waals surface area contributed by atoms with E-state index in [-0.39, 0.29) is 6.29 Å². The molecule has 1 aliphatic rings. The minimum absolute atomic E-state index is 0.00975. The third-order valence-electron chi connectivity index (χ3n) is 2.28. The van der Waals surface area contributed by atoms with Gasteiger partial charge in [-0.1, -0.05) is 6.07 Å². The second-order valence-electron chi connectivity index (χ2n) is 3.46. The number of anilines is 1. The van der Waals surface area contributed by atoms with E-state index in [0.717, 1.165) is 38.4 Å². The standard InChI is InChI=1S/C11H16N2O2/c1-2-6-12-10(4-1)13-7-3-5-11-14-8-9-15-11/h1-2,4,6,11H,3,5,7-9H2,(H,12,13). The van der Waals surface area contributed by atoms with Crippen molar-refractivity contribution in [1.29, 1.82) is 0 Å². The summed E-state index contributed by atoms with van der Waals surface area (Å²) in [4.78, 5) is 4.17. The molecular formula is C11H16N2O2. The Kier molecular flexibility index (Phi) is 3.93. The molecule has 82 valence electrons. The van der Waals surface area contributed by atoms with Crippen molar-refractivity contribution in [2.45, 2.75) is 19.1 Å². The molecule has 0 spiro atoms. The minimum Gasteiger partial charge on any atom is -0.370 e. The van der Waals surface area contributed by atoms with Crippen LogP contribution in [0.25, 0.3) is 0 Å². The Labute approximate surface area is 89.6 Å². The number of pyridine rings is 1. The number of nitrogens with one attached hydrogen (secondary N) is 1. The van der Waals surface area contributed by atoms with Crippen LogP contribution in [0.4, 0.5) is 5.82 Å². The van der Waals surface area contributed by atoms with E-state index < -0.39 is 0 Å². The molecular weight excluding hydrogens is 192 g/mol. The van der Waals surface area contributed by atoms with Crippen LogP contribution in [0.1, 0.15) is 12.8 Å². The van der Waals surface area contributed by atoms with Crippen molar-refractivity contribution >= 4 is 5.82 Å². The van der Waals surface area contributed by atoms with Gasteiger partial charge in [0.15, 0.2) is 6.29 Å². The molecule has 2 heterocycles. The molecule has 4 heteroatoms. The van der Waals surface area contributed by atoms with Crippen LogP contribution in [0.15, 0.2) is 24.4 Å². The summed E-state index contributed by atoms with van der Waals surface area (Å²) in [5.41, 5.74) is 0. The summed E-state index contributed by atoms with van der Waals surface area (Å²) in [5, 5.41) is 3.25. The summed E-state index contributed by atoms with van der Waals surface area (Å²) >= 11 is 0. The maximum Gasteiger partial charge on any atom is 0.157 e. The molecule has 2 rings (SSSR count). The number of rotatable bonds is 5. The summed E-state index contributed by atoms with van der Waals surface area (Å²) in [6, 6.07) is 5.84. The third-order valence-corrected chi connectivity index (χ3v) is 2.28. The van der Waals surface area contributed by atoms with Crippen molar-refractivity contribution in [1.82, 2.24) is 4.98 Å². The predicted octanol–water partition coefficient (Wildman–Crippen LogP) is 1.65. The first-order valence-electron chi connectivity index (χ1n) is 5.33. The largest absolute Gasteiger partial charge is 0.370 e. The molecule has 0 bridgehead atoms. The number of hydrogen-bond donors (Lipinski definition) is 1. The average Bonchev–Trinajstić information content (AvgIpc) is 2.79. The first-order chi connectivity index (χ1) is 7.45. The van der Waals surface area contributed by atoms with Gasteiger partial charge in [0, 0.05) is 19.2 Å². The fraction of sp³-hybridized carbons (Fsp3) is 0.545. The van der Waals surface area contributed by atoms with E-state index in [0.29, 0.717) is 0 Å². The molecule has 15 heavy (non-hydrogen) atoms. The lowest BCUT2D eigenvalue weighted by Gasteiger charge is -2.09. The number of aromatic nitrogens is 1. The highest BCUT2D eigenvalue weighted by Crippen LogP contribution is 2.10. The van der Waals surface area contributed by atoms with Crippen LogP contribution < -0.4 is 5.32 Å². The van der Waals surface area contributed by atoms with E-state index in [9.17, 15) is 0 Å². The van der Waals surface area contributed by atoms with Crippen molar-refractivity contribution in [2.75, 3.05) is 25.1 Å². The van der Waals surface area contributed by atoms with Crippen molar-refractivity contribution in [3.8, 4) is 0 Å². The van der Waals surface area contributed by atoms with Crippen LogP contribution in [0.3, 0.4) is 0 Å². The lowest BCUT2D eigenvalue weighted by atomic mass is 10.3. The fourth-order valence-electron chi connectivity index (χ4n) is 1.53. The summed E-state index contributed by atoms with van der Waals surface area (Å²) in [5.74, 6) is 0.922. The minimum atomic E-state index is 0.00975. The molecule has 0 aromatic carbocycles. The van der Waals surface area contributed by atoms with Gasteiger partial charge in [-0.15, -0.1) is 0 Å². The van der Waals surface area contributed by atoms with Gasteiger partial charge in [-0.3, -0.25) is 0 Å². The molecule has 1 aromatic rings. The SMILES string of the molecule is c1ccc(NCCCC2OCCO2)nc1. The first kappa shape index (κ1) is 10.4. The Balaban J connectivity index is 1.59. The normalized spacial score (nSPS) is 16.8. The maximum absolute atomic E-state index is 5.34. The van der Waals surface area contributed by atoms with Crippen LogP contribution in [0, 0.1) is 0 Å². The van der Waals surface area contributed by atoms with Crippen LogP contribution in [-0.4, -0.2) is 31.0 Å². The number of nitrogens with zero attached hydrogens (tertiary/aromatic N) is 1. The molecule has 1 aliphatic heterocycles. The molecule has 0 saturated carbocycles. The fourth-order valence-corrected chi connectivity index (χ4v) is 1.53. The van der Waals surface area contributed by atoms with E-state index in [4.69, 9.17) is 9.47 Å². The van der Waals surface area contributed by atoms with Gasteiger partial charge in [0.25, 0.3) is 0 Å². The monoisotopic (exact) mass is 208 g/mol. The van der Waals surface area contributed by atoms with Gasteiger partial charge in [-0.05, 0) is 18.6 Å². The summed E-state index contributed by atoms with van der Waals surface area (Å²) in [7, 11) is 0. The van der Waals surface area contributed by atoms with Crippen LogP contribution in [0.5, 0.6) is 0 Å². The Morgan fingerprint density at radius 2 is 2.20 bits per heavy atom. The van der Waals surface area contributed by atoms with E-state index >= 15 is 0 Å². The van der Waals surface area contributed by atoms with Gasteiger partial charge in [0.2, 0.25) is 0 Å². The maximum atomic E-state index is 5.34. The molecule has 4 nitrogen and oxygen atoms in total. The van der Waals surface area contributed by atoms with Gasteiger partial charge in [-0.2, -0.15) is 0 Å². The molecule has 0 aliphatic carbocycles. The third kappa shape index (κ3) is 3.49. The van der Waals surface area contributed by atoms with Gasteiger partial charge < -0.3 is 14.8 Å². The molecule has 0 radical (unpaired) electrons. The van der Waals surface area contributed by atoms with Crippen molar-refractivity contribution in [2.24, 2.45) is 0 Å². The predicted molar refractivity (Wildman–Crippen MR) is 57.7 cm³/mol. The van der Waals surface area contributed by atoms with Gasteiger partial charge in [0.05, 0.1) is 13.2 Å². The summed E-state index contributed by atoms with van der Waals surface area (Å²) in [6.07, 6.45) is 3.77. The van der Waals surface area contributed by atoms with E-state index in [1.54, 1.807) is 6.20 Å². The molecule has 0 amide bonds. The second kappa shape index (κ2) is 5.68. The zero-order valence-electron chi connectivity index (χ0n) is 8.69. The lowest BCUT2D eigenvalue weighted by Crippen LogP contribution is -2.11. The van der Waals surface area contributed by atoms with Crippen molar-refractivity contribution in [3.63, 3.8) is 0 Å². The quantitative estimate of drug-likeness (QED) is 0.747. The summed E-state index contributed by atoms with van der Waals surface area (Å²) in [6.45, 7) is 2.37. The van der Waals surface area contributed by atoms with Crippen molar-refractivity contribution in [3.05, 3.63) is 24.4 Å². The topological polar surface area (TPSA) is 43.4 Å². The number of hydrogen-bond acceptors (Lipinski definition) is 4. The Morgan fingerprint density at radius 1 is 1.33 bits per heavy atom. The average molecular weight is 208 g/mol. The van der Waals surface area contributed by atoms with Crippen LogP contribution in [-0.2, 0) is 9.47 Å². The molecule has 1 saturated heterocycles. The lowest BCUT2D eigenvalue weighted by molar-refractivity contribution is -0.0470.